The number of primary amides is 1. The van der Waals surface area contributed by atoms with E-state index in [1.54, 1.807) is 12.1 Å². The average molecular weight is 458 g/mol. The third-order valence-corrected chi connectivity index (χ3v) is 7.21. The molecule has 9 nitrogen and oxygen atoms in total. The Kier molecular flexibility index (Phi) is 5.73. The second-order valence-electron chi connectivity index (χ2n) is 5.60. The topological polar surface area (TPSA) is 123 Å². The number of carbonyl (C=O) groups is 1. The zero-order valence-corrected chi connectivity index (χ0v) is 17.9. The summed E-state index contributed by atoms with van der Waals surface area (Å²) >= 11 is 6.69. The van der Waals surface area contributed by atoms with E-state index in [0.29, 0.717) is 26.9 Å². The fourth-order valence-electron chi connectivity index (χ4n) is 2.61. The lowest BCUT2D eigenvalue weighted by Crippen LogP contribution is -2.23. The van der Waals surface area contributed by atoms with Crippen molar-refractivity contribution in [2.24, 2.45) is 5.73 Å². The van der Waals surface area contributed by atoms with Crippen molar-refractivity contribution in [3.8, 4) is 28.5 Å². The van der Waals surface area contributed by atoms with Crippen molar-refractivity contribution < 1.29 is 27.4 Å². The largest absolute Gasteiger partial charge is 0.493 e. The number of halogens is 1. The first-order valence-corrected chi connectivity index (χ1v) is 10.6. The van der Waals surface area contributed by atoms with E-state index >= 15 is 0 Å². The van der Waals surface area contributed by atoms with Crippen LogP contribution in [-0.4, -0.2) is 44.8 Å². The molecule has 0 saturated carbocycles. The van der Waals surface area contributed by atoms with Gasteiger partial charge in [-0.25, -0.2) is 0 Å². The van der Waals surface area contributed by atoms with E-state index in [9.17, 15) is 13.2 Å². The van der Waals surface area contributed by atoms with Crippen LogP contribution in [0.5, 0.6) is 17.2 Å². The Balaban J connectivity index is 2.21. The molecule has 0 fully saturated rings. The molecule has 2 heterocycles. The Bertz CT molecular complexity index is 1160. The quantitative estimate of drug-likeness (QED) is 0.578. The Hall–Kier alpha value is -2.76. The molecule has 0 spiro atoms. The van der Waals surface area contributed by atoms with Gasteiger partial charge in [0.15, 0.2) is 11.5 Å². The van der Waals surface area contributed by atoms with Gasteiger partial charge in [-0.1, -0.05) is 11.6 Å². The number of hydrogen-bond acceptors (Lipinski definition) is 8. The molecular formula is C17H16ClN3O6S2. The van der Waals surface area contributed by atoms with E-state index in [-0.39, 0.29) is 19.9 Å². The highest BCUT2D eigenvalue weighted by molar-refractivity contribution is 7.92. The molecule has 1 amide bonds. The standard InChI is InChI=1S/C17H16ClN3O6S2/c1-25-12-6-9(7-13(26-2)16(12)27-3)10-8-11(17(19)22)21(20-10)29(23,24)15-5-4-14(18)28-15/h4-8H,1-3H3,(H2,19,22). The summed E-state index contributed by atoms with van der Waals surface area (Å²) in [6.07, 6.45) is 0. The highest BCUT2D eigenvalue weighted by Gasteiger charge is 2.27. The molecule has 3 rings (SSSR count). The first kappa shape index (κ1) is 21.0. The minimum Gasteiger partial charge on any atom is -0.493 e. The van der Waals surface area contributed by atoms with Crippen molar-refractivity contribution >= 4 is 38.9 Å². The number of methoxy groups -OCH3 is 3. The van der Waals surface area contributed by atoms with Gasteiger partial charge in [-0.3, -0.25) is 4.79 Å². The maximum absolute atomic E-state index is 12.9. The van der Waals surface area contributed by atoms with Crippen molar-refractivity contribution in [2.75, 3.05) is 21.3 Å². The van der Waals surface area contributed by atoms with Gasteiger partial charge in [0.25, 0.3) is 15.9 Å². The van der Waals surface area contributed by atoms with Gasteiger partial charge in [0.2, 0.25) is 5.75 Å². The number of carbonyl (C=O) groups excluding carboxylic acids is 1. The molecule has 0 atom stereocenters. The lowest BCUT2D eigenvalue weighted by Gasteiger charge is -2.13. The molecule has 2 aromatic heterocycles. The number of nitrogens with zero attached hydrogens (tertiary/aromatic N) is 2. The third-order valence-electron chi connectivity index (χ3n) is 3.92. The summed E-state index contributed by atoms with van der Waals surface area (Å²) in [5.74, 6) is 0.0754. The average Bonchev–Trinajstić information content (AvgIpc) is 3.34. The molecule has 2 N–H and O–H groups in total. The van der Waals surface area contributed by atoms with Crippen LogP contribution in [-0.2, 0) is 10.0 Å². The van der Waals surface area contributed by atoms with Crippen molar-refractivity contribution in [1.29, 1.82) is 0 Å². The van der Waals surface area contributed by atoms with Crippen LogP contribution in [0.15, 0.2) is 34.5 Å². The molecule has 12 heteroatoms. The third kappa shape index (κ3) is 3.76. The summed E-state index contributed by atoms with van der Waals surface area (Å²) in [6.45, 7) is 0. The molecule has 0 aliphatic carbocycles. The Morgan fingerprint density at radius 2 is 1.72 bits per heavy atom. The molecule has 29 heavy (non-hydrogen) atoms. The number of thiophene rings is 1. The normalized spacial score (nSPS) is 11.3. The van der Waals surface area contributed by atoms with Gasteiger partial charge >= 0.3 is 0 Å². The molecule has 154 valence electrons. The van der Waals surface area contributed by atoms with Gasteiger partial charge in [-0.2, -0.15) is 13.5 Å². The summed E-state index contributed by atoms with van der Waals surface area (Å²) in [5.41, 5.74) is 5.68. The van der Waals surface area contributed by atoms with E-state index < -0.39 is 15.9 Å². The van der Waals surface area contributed by atoms with Gasteiger partial charge in [-0.15, -0.1) is 15.4 Å². The number of ether oxygens (including phenoxy) is 3. The molecule has 0 aliphatic heterocycles. The van der Waals surface area contributed by atoms with Crippen molar-refractivity contribution in [3.63, 3.8) is 0 Å². The van der Waals surface area contributed by atoms with Crippen LogP contribution < -0.4 is 19.9 Å². The fourth-order valence-corrected chi connectivity index (χ4v) is 5.43. The number of benzene rings is 1. The minimum atomic E-state index is -4.17. The van der Waals surface area contributed by atoms with Crippen LogP contribution in [0, 0.1) is 0 Å². The van der Waals surface area contributed by atoms with Crippen LogP contribution in [0.3, 0.4) is 0 Å². The van der Waals surface area contributed by atoms with Crippen molar-refractivity contribution in [3.05, 3.63) is 40.4 Å². The van der Waals surface area contributed by atoms with Crippen LogP contribution in [0.25, 0.3) is 11.3 Å². The summed E-state index contributed by atoms with van der Waals surface area (Å²) in [4.78, 5) is 11.9. The summed E-state index contributed by atoms with van der Waals surface area (Å²) in [6, 6.07) is 7.19. The Morgan fingerprint density at radius 3 is 2.17 bits per heavy atom. The predicted molar refractivity (Wildman–Crippen MR) is 108 cm³/mol. The summed E-state index contributed by atoms with van der Waals surface area (Å²) in [7, 11) is 0.171. The molecule has 3 aromatic rings. The number of nitrogens with two attached hydrogens (primary N) is 1. The van der Waals surface area contributed by atoms with E-state index in [2.05, 4.69) is 5.10 Å². The lowest BCUT2D eigenvalue weighted by molar-refractivity contribution is 0.0994. The summed E-state index contributed by atoms with van der Waals surface area (Å²) < 4.78 is 42.5. The van der Waals surface area contributed by atoms with E-state index in [4.69, 9.17) is 31.5 Å². The van der Waals surface area contributed by atoms with Crippen molar-refractivity contribution in [1.82, 2.24) is 9.19 Å². The number of amides is 1. The van der Waals surface area contributed by atoms with E-state index in [0.717, 1.165) is 11.3 Å². The predicted octanol–water partition coefficient (Wildman–Crippen LogP) is 2.63. The van der Waals surface area contributed by atoms with E-state index in [1.807, 2.05) is 0 Å². The maximum atomic E-state index is 12.9. The van der Waals surface area contributed by atoms with Crippen LogP contribution >= 0.6 is 22.9 Å². The zero-order chi connectivity index (χ0) is 21.3. The van der Waals surface area contributed by atoms with Crippen LogP contribution in [0.2, 0.25) is 4.34 Å². The number of rotatable bonds is 7. The fraction of sp³-hybridized carbons (Fsp3) is 0.176. The van der Waals surface area contributed by atoms with Crippen molar-refractivity contribution in [2.45, 2.75) is 4.21 Å². The van der Waals surface area contributed by atoms with E-state index in [1.165, 1.54) is 39.5 Å². The SMILES string of the molecule is COc1cc(-c2cc(C(N)=O)n(S(=O)(=O)c3ccc(Cl)s3)n2)cc(OC)c1OC. The Labute approximate surface area is 175 Å². The molecule has 0 unspecified atom stereocenters. The lowest BCUT2D eigenvalue weighted by atomic mass is 10.1. The number of hydrogen-bond donors (Lipinski definition) is 1. The number of aromatic nitrogens is 2. The van der Waals surface area contributed by atoms with Gasteiger partial charge in [0, 0.05) is 5.56 Å². The zero-order valence-electron chi connectivity index (χ0n) is 15.5. The highest BCUT2D eigenvalue weighted by Crippen LogP contribution is 2.41. The second kappa shape index (κ2) is 7.93. The van der Waals surface area contributed by atoms with Crippen LogP contribution in [0.1, 0.15) is 10.5 Å². The molecule has 0 radical (unpaired) electrons. The minimum absolute atomic E-state index is 0.0791. The highest BCUT2D eigenvalue weighted by atomic mass is 35.5. The monoisotopic (exact) mass is 457 g/mol. The van der Waals surface area contributed by atoms with Gasteiger partial charge in [-0.05, 0) is 30.3 Å². The maximum Gasteiger partial charge on any atom is 0.293 e. The first-order valence-electron chi connectivity index (χ1n) is 7.94. The first-order chi connectivity index (χ1) is 13.7. The second-order valence-corrected chi connectivity index (χ2v) is 9.31. The van der Waals surface area contributed by atoms with Gasteiger partial charge in [0.1, 0.15) is 9.90 Å². The molecule has 0 saturated heterocycles. The van der Waals surface area contributed by atoms with Gasteiger partial charge in [0.05, 0.1) is 31.4 Å². The van der Waals surface area contributed by atoms with Crippen LogP contribution in [0.4, 0.5) is 0 Å². The smallest absolute Gasteiger partial charge is 0.293 e. The summed E-state index contributed by atoms with van der Waals surface area (Å²) in [5, 5.41) is 4.10. The molecule has 0 aliphatic rings. The molecular weight excluding hydrogens is 442 g/mol. The Morgan fingerprint density at radius 1 is 1.10 bits per heavy atom. The molecule has 0 bridgehead atoms. The molecule has 1 aromatic carbocycles. The van der Waals surface area contributed by atoms with Gasteiger partial charge < -0.3 is 19.9 Å².